The third-order valence-corrected chi connectivity index (χ3v) is 6.17. The molecule has 4 N–H and O–H groups in total. The Morgan fingerprint density at radius 1 is 1.09 bits per heavy atom. The van der Waals surface area contributed by atoms with E-state index in [1.54, 1.807) is 26.0 Å². The summed E-state index contributed by atoms with van der Waals surface area (Å²) in [5.74, 6) is -3.34. The summed E-state index contributed by atoms with van der Waals surface area (Å²) in [6.07, 6.45) is -1.54. The molecule has 0 saturated carbocycles. The molecule has 2 fully saturated rings. The lowest BCUT2D eigenvalue weighted by atomic mass is 9.93. The molecule has 0 radical (unpaired) electrons. The first-order chi connectivity index (χ1) is 16.2. The molecule has 2 saturated heterocycles. The van der Waals surface area contributed by atoms with Gasteiger partial charge in [0.15, 0.2) is 0 Å². The van der Waals surface area contributed by atoms with Crippen LogP contribution in [0.1, 0.15) is 30.6 Å². The van der Waals surface area contributed by atoms with Crippen molar-refractivity contribution in [3.05, 3.63) is 48.0 Å². The minimum atomic E-state index is -1.41. The maximum atomic E-state index is 13.4. The summed E-state index contributed by atoms with van der Waals surface area (Å²) in [6.45, 7) is 4.06. The van der Waals surface area contributed by atoms with Crippen LogP contribution in [0.3, 0.4) is 0 Å². The monoisotopic (exact) mass is 468 g/mol. The topological polar surface area (TPSA) is 137 Å². The van der Waals surface area contributed by atoms with E-state index < -0.39 is 47.9 Å². The van der Waals surface area contributed by atoms with Crippen LogP contribution >= 0.6 is 0 Å². The second kappa shape index (κ2) is 9.78. The average molecular weight is 469 g/mol. The van der Waals surface area contributed by atoms with Gasteiger partial charge in [0.2, 0.25) is 18.1 Å². The fourth-order valence-electron chi connectivity index (χ4n) is 4.29. The minimum Gasteiger partial charge on any atom is -0.434 e. The Labute approximate surface area is 196 Å². The van der Waals surface area contributed by atoms with E-state index in [1.807, 2.05) is 30.3 Å². The van der Waals surface area contributed by atoms with Gasteiger partial charge < -0.3 is 20.5 Å². The SMILES string of the molecule is CC(C)N(NC(=O)c1ccc2ccccc2c1)C(=O)C1CNC[C@H]1C(=O)N[C@H]1CC(=O)OC1O. The Morgan fingerprint density at radius 2 is 1.79 bits per heavy atom. The van der Waals surface area contributed by atoms with Crippen molar-refractivity contribution < 1.29 is 29.0 Å². The molecular formula is C24H28N4O6. The van der Waals surface area contributed by atoms with E-state index >= 15 is 0 Å². The number of aliphatic hydroxyl groups is 1. The average Bonchev–Trinajstić information content (AvgIpc) is 3.42. The Morgan fingerprint density at radius 3 is 2.47 bits per heavy atom. The van der Waals surface area contributed by atoms with Gasteiger partial charge in [-0.05, 0) is 36.8 Å². The van der Waals surface area contributed by atoms with Crippen molar-refractivity contribution >= 4 is 34.5 Å². The quantitative estimate of drug-likeness (QED) is 0.366. The van der Waals surface area contributed by atoms with Gasteiger partial charge in [0.25, 0.3) is 5.91 Å². The van der Waals surface area contributed by atoms with Gasteiger partial charge >= 0.3 is 5.97 Å². The normalized spacial score (nSPS) is 24.2. The van der Waals surface area contributed by atoms with Gasteiger partial charge in [-0.15, -0.1) is 0 Å². The fraction of sp³-hybridized carbons (Fsp3) is 0.417. The van der Waals surface area contributed by atoms with Gasteiger partial charge in [-0.1, -0.05) is 30.3 Å². The lowest BCUT2D eigenvalue weighted by Gasteiger charge is -2.31. The molecule has 10 nitrogen and oxygen atoms in total. The first-order valence-electron chi connectivity index (χ1n) is 11.3. The molecule has 0 bridgehead atoms. The highest BCUT2D eigenvalue weighted by Crippen LogP contribution is 2.22. The number of cyclic esters (lactones) is 1. The number of carbonyl (C=O) groups excluding carboxylic acids is 4. The van der Waals surface area contributed by atoms with Crippen LogP contribution in [0.4, 0.5) is 0 Å². The van der Waals surface area contributed by atoms with E-state index in [1.165, 1.54) is 5.01 Å². The van der Waals surface area contributed by atoms with E-state index in [0.717, 1.165) is 10.8 Å². The highest BCUT2D eigenvalue weighted by Gasteiger charge is 2.43. The van der Waals surface area contributed by atoms with Crippen molar-refractivity contribution in [3.63, 3.8) is 0 Å². The number of rotatable bonds is 5. The van der Waals surface area contributed by atoms with Crippen molar-refractivity contribution in [3.8, 4) is 0 Å². The molecule has 2 aliphatic heterocycles. The van der Waals surface area contributed by atoms with Crippen LogP contribution in [-0.2, 0) is 19.1 Å². The Balaban J connectivity index is 1.46. The van der Waals surface area contributed by atoms with Gasteiger partial charge in [0.1, 0.15) is 6.04 Å². The van der Waals surface area contributed by atoms with E-state index in [9.17, 15) is 24.3 Å². The highest BCUT2D eigenvalue weighted by molar-refractivity contribution is 5.99. The largest absolute Gasteiger partial charge is 0.434 e. The molecule has 0 aliphatic carbocycles. The Kier molecular flexibility index (Phi) is 6.80. The van der Waals surface area contributed by atoms with Crippen LogP contribution in [0.2, 0.25) is 0 Å². The minimum absolute atomic E-state index is 0.133. The van der Waals surface area contributed by atoms with E-state index in [4.69, 9.17) is 0 Å². The van der Waals surface area contributed by atoms with E-state index in [2.05, 4.69) is 20.8 Å². The predicted octanol–water partition coefficient (Wildman–Crippen LogP) is 0.307. The summed E-state index contributed by atoms with van der Waals surface area (Å²) in [5.41, 5.74) is 3.11. The van der Waals surface area contributed by atoms with Crippen LogP contribution in [0, 0.1) is 11.8 Å². The molecule has 3 amide bonds. The predicted molar refractivity (Wildman–Crippen MR) is 122 cm³/mol. The Bertz CT molecular complexity index is 1120. The second-order valence-corrected chi connectivity index (χ2v) is 8.88. The molecule has 2 aromatic rings. The maximum Gasteiger partial charge on any atom is 0.310 e. The number of aliphatic hydroxyl groups excluding tert-OH is 1. The number of nitrogens with zero attached hydrogens (tertiary/aromatic N) is 1. The second-order valence-electron chi connectivity index (χ2n) is 8.88. The third kappa shape index (κ3) is 4.87. The maximum absolute atomic E-state index is 13.4. The number of hydrogen-bond acceptors (Lipinski definition) is 7. The van der Waals surface area contributed by atoms with Gasteiger partial charge in [-0.2, -0.15) is 0 Å². The summed E-state index contributed by atoms with van der Waals surface area (Å²) in [7, 11) is 0. The number of benzene rings is 2. The number of carbonyl (C=O) groups is 4. The number of fused-ring (bicyclic) bond motifs is 1. The lowest BCUT2D eigenvalue weighted by molar-refractivity contribution is -0.155. The standard InChI is InChI=1S/C24H28N4O6/c1-13(2)28(27-21(30)16-8-7-14-5-3-4-6-15(14)9-16)23(32)18-12-25-11-17(18)22(31)26-19-10-20(29)34-24(19)33/h3-9,13,17-19,24-25,33H,10-12H2,1-2H3,(H,26,31)(H,27,30)/t17-,18?,19+,24?/m1/s1. The van der Waals surface area contributed by atoms with Gasteiger partial charge in [0, 0.05) is 24.7 Å². The van der Waals surface area contributed by atoms with Gasteiger partial charge in [-0.25, -0.2) is 0 Å². The zero-order chi connectivity index (χ0) is 24.4. The number of hydrogen-bond donors (Lipinski definition) is 4. The van der Waals surface area contributed by atoms with Crippen molar-refractivity contribution in [2.24, 2.45) is 11.8 Å². The first kappa shape index (κ1) is 23.7. The number of amides is 3. The summed E-state index contributed by atoms with van der Waals surface area (Å²) in [4.78, 5) is 50.5. The van der Waals surface area contributed by atoms with E-state index in [-0.39, 0.29) is 25.6 Å². The molecule has 0 aromatic heterocycles. The molecule has 4 atom stereocenters. The molecule has 34 heavy (non-hydrogen) atoms. The fourth-order valence-corrected chi connectivity index (χ4v) is 4.29. The molecule has 180 valence electrons. The van der Waals surface area contributed by atoms with Crippen LogP contribution in [0.25, 0.3) is 10.8 Å². The number of ether oxygens (including phenoxy) is 1. The van der Waals surface area contributed by atoms with Crippen LogP contribution < -0.4 is 16.1 Å². The molecular weight excluding hydrogens is 440 g/mol. The van der Waals surface area contributed by atoms with Crippen molar-refractivity contribution in [1.82, 2.24) is 21.1 Å². The molecule has 2 unspecified atom stereocenters. The molecule has 2 aromatic carbocycles. The number of nitrogens with one attached hydrogen (secondary N) is 3. The Hall–Kier alpha value is -3.50. The molecule has 4 rings (SSSR count). The zero-order valence-corrected chi connectivity index (χ0v) is 19.0. The van der Waals surface area contributed by atoms with E-state index in [0.29, 0.717) is 5.56 Å². The van der Waals surface area contributed by atoms with Gasteiger partial charge in [-0.3, -0.25) is 29.6 Å². The van der Waals surface area contributed by atoms with Crippen molar-refractivity contribution in [1.29, 1.82) is 0 Å². The summed E-state index contributed by atoms with van der Waals surface area (Å²) >= 11 is 0. The summed E-state index contributed by atoms with van der Waals surface area (Å²) in [6, 6.07) is 11.8. The summed E-state index contributed by atoms with van der Waals surface area (Å²) in [5, 5.41) is 18.6. The zero-order valence-electron chi connectivity index (χ0n) is 19.0. The lowest BCUT2D eigenvalue weighted by Crippen LogP contribution is -2.54. The molecule has 10 heteroatoms. The van der Waals surface area contributed by atoms with Crippen LogP contribution in [0.15, 0.2) is 42.5 Å². The van der Waals surface area contributed by atoms with Crippen molar-refractivity contribution in [2.75, 3.05) is 13.1 Å². The highest BCUT2D eigenvalue weighted by atomic mass is 16.6. The van der Waals surface area contributed by atoms with Crippen LogP contribution in [0.5, 0.6) is 0 Å². The number of hydrazine groups is 1. The van der Waals surface area contributed by atoms with Crippen LogP contribution in [-0.4, -0.2) is 65.3 Å². The molecule has 2 aliphatic rings. The summed E-state index contributed by atoms with van der Waals surface area (Å²) < 4.78 is 4.66. The number of esters is 1. The third-order valence-electron chi connectivity index (χ3n) is 6.17. The molecule has 0 spiro atoms. The van der Waals surface area contributed by atoms with Gasteiger partial charge in [0.05, 0.1) is 18.3 Å². The first-order valence-corrected chi connectivity index (χ1v) is 11.3. The smallest absolute Gasteiger partial charge is 0.310 e. The molecule has 2 heterocycles. The van der Waals surface area contributed by atoms with Crippen molar-refractivity contribution in [2.45, 2.75) is 38.6 Å².